The predicted molar refractivity (Wildman–Crippen MR) is 122 cm³/mol. The molecule has 156 valence electrons. The average molecular weight is 454 g/mol. The lowest BCUT2D eigenvalue weighted by Crippen LogP contribution is -2.28. The molecule has 1 aliphatic heterocycles. The summed E-state index contributed by atoms with van der Waals surface area (Å²) in [7, 11) is 0. The fourth-order valence-electron chi connectivity index (χ4n) is 3.01. The average Bonchev–Trinajstić information content (AvgIpc) is 3.34. The van der Waals surface area contributed by atoms with E-state index in [9.17, 15) is 14.0 Å². The maximum atomic E-state index is 14.1. The van der Waals surface area contributed by atoms with Crippen molar-refractivity contribution in [3.05, 3.63) is 82.7 Å². The highest BCUT2D eigenvalue weighted by Gasteiger charge is 2.34. The summed E-state index contributed by atoms with van der Waals surface area (Å²) in [6.45, 7) is 2.06. The molecule has 1 saturated heterocycles. The molecule has 2 aromatic carbocycles. The van der Waals surface area contributed by atoms with E-state index in [1.165, 1.54) is 17.0 Å². The van der Waals surface area contributed by atoms with Crippen LogP contribution in [-0.4, -0.2) is 22.8 Å². The second kappa shape index (κ2) is 8.87. The van der Waals surface area contributed by atoms with Gasteiger partial charge in [-0.3, -0.25) is 9.69 Å². The summed E-state index contributed by atoms with van der Waals surface area (Å²) < 4.78 is 25.2. The summed E-state index contributed by atoms with van der Waals surface area (Å²) in [4.78, 5) is 26.1. The molecular weight excluding hydrogens is 437 g/mol. The molecule has 0 bridgehead atoms. The molecule has 1 fully saturated rings. The number of rotatable bonds is 5. The molecule has 4 rings (SSSR count). The third-order valence-corrected chi connectivity index (χ3v) is 5.77. The smallest absolute Gasteiger partial charge is 0.338 e. The van der Waals surface area contributed by atoms with Crippen LogP contribution in [0.15, 0.2) is 70.0 Å². The maximum absolute atomic E-state index is 14.1. The number of thioether (sulfide) groups is 1. The lowest BCUT2D eigenvalue weighted by Gasteiger charge is -2.14. The third-order valence-electron chi connectivity index (χ3n) is 4.47. The number of amides is 1. The van der Waals surface area contributed by atoms with Crippen LogP contribution >= 0.6 is 24.0 Å². The predicted octanol–water partition coefficient (Wildman–Crippen LogP) is 5.67. The van der Waals surface area contributed by atoms with E-state index in [4.69, 9.17) is 21.4 Å². The monoisotopic (exact) mass is 453 g/mol. The third kappa shape index (κ3) is 4.30. The van der Waals surface area contributed by atoms with Crippen LogP contribution in [0.5, 0.6) is 0 Å². The first kappa shape index (κ1) is 21.0. The van der Waals surface area contributed by atoms with Gasteiger partial charge in [-0.05, 0) is 43.3 Å². The highest BCUT2D eigenvalue weighted by molar-refractivity contribution is 8.27. The Labute approximate surface area is 187 Å². The quantitative estimate of drug-likeness (QED) is 0.282. The molecule has 0 spiro atoms. The van der Waals surface area contributed by atoms with Crippen molar-refractivity contribution >= 4 is 51.9 Å². The minimum Gasteiger partial charge on any atom is -0.462 e. The highest BCUT2D eigenvalue weighted by Crippen LogP contribution is 2.37. The number of thiocarbonyl (C=S) groups is 1. The Kier molecular flexibility index (Phi) is 6.01. The molecule has 8 heteroatoms. The molecule has 5 nitrogen and oxygen atoms in total. The largest absolute Gasteiger partial charge is 0.462 e. The molecule has 0 atom stereocenters. The van der Waals surface area contributed by atoms with Crippen molar-refractivity contribution in [2.24, 2.45) is 0 Å². The van der Waals surface area contributed by atoms with Gasteiger partial charge in [-0.25, -0.2) is 9.18 Å². The molecule has 1 aliphatic rings. The molecule has 1 aromatic heterocycles. The number of benzene rings is 2. The van der Waals surface area contributed by atoms with E-state index in [0.29, 0.717) is 28.6 Å². The van der Waals surface area contributed by atoms with Crippen molar-refractivity contribution in [3.8, 4) is 11.3 Å². The normalized spacial score (nSPS) is 15.0. The molecule has 0 saturated carbocycles. The zero-order chi connectivity index (χ0) is 22.0. The number of esters is 1. The molecule has 0 aliphatic carbocycles. The second-order valence-electron chi connectivity index (χ2n) is 6.47. The lowest BCUT2D eigenvalue weighted by molar-refractivity contribution is -0.113. The lowest BCUT2D eigenvalue weighted by atomic mass is 10.1. The Balaban J connectivity index is 1.55. The molecule has 3 aromatic rings. The minimum atomic E-state index is -0.522. The number of carbonyl (C=O) groups excluding carboxylic acids is 2. The van der Waals surface area contributed by atoms with Gasteiger partial charge in [0.2, 0.25) is 0 Å². The first-order valence-electron chi connectivity index (χ1n) is 9.38. The van der Waals surface area contributed by atoms with Gasteiger partial charge in [0.05, 0.1) is 22.8 Å². The summed E-state index contributed by atoms with van der Waals surface area (Å²) >= 11 is 6.36. The first-order chi connectivity index (χ1) is 15.0. The van der Waals surface area contributed by atoms with Crippen molar-refractivity contribution in [3.63, 3.8) is 0 Å². The summed E-state index contributed by atoms with van der Waals surface area (Å²) in [5.41, 5.74) is 1.34. The number of nitrogens with zero attached hydrogens (tertiary/aromatic N) is 1. The number of furan rings is 1. The maximum Gasteiger partial charge on any atom is 0.338 e. The summed E-state index contributed by atoms with van der Waals surface area (Å²) in [6.07, 6.45) is 1.58. The van der Waals surface area contributed by atoms with Gasteiger partial charge in [0, 0.05) is 11.6 Å². The van der Waals surface area contributed by atoms with Crippen LogP contribution in [0, 0.1) is 5.82 Å². The van der Waals surface area contributed by atoms with Crippen LogP contribution in [0.3, 0.4) is 0 Å². The van der Waals surface area contributed by atoms with Gasteiger partial charge in [-0.2, -0.15) is 0 Å². The van der Waals surface area contributed by atoms with Crippen LogP contribution in [0.1, 0.15) is 23.0 Å². The number of carbonyl (C=O) groups is 2. The van der Waals surface area contributed by atoms with E-state index in [2.05, 4.69) is 0 Å². The van der Waals surface area contributed by atoms with Crippen LogP contribution in [0.2, 0.25) is 0 Å². The molecule has 31 heavy (non-hydrogen) atoms. The Morgan fingerprint density at radius 1 is 1.16 bits per heavy atom. The van der Waals surface area contributed by atoms with E-state index in [1.807, 2.05) is 0 Å². The zero-order valence-corrected chi connectivity index (χ0v) is 18.0. The molecular formula is C23H16FNO4S2. The fourth-order valence-corrected chi connectivity index (χ4v) is 4.27. The Bertz CT molecular complexity index is 1200. The van der Waals surface area contributed by atoms with E-state index in [0.717, 1.165) is 17.3 Å². The molecule has 1 amide bonds. The van der Waals surface area contributed by atoms with Crippen molar-refractivity contribution in [2.45, 2.75) is 6.92 Å². The molecule has 0 N–H and O–H groups in total. The first-order valence-corrected chi connectivity index (χ1v) is 10.6. The zero-order valence-electron chi connectivity index (χ0n) is 16.3. The van der Waals surface area contributed by atoms with E-state index < -0.39 is 11.7 Å². The fraction of sp³-hybridized carbons (Fsp3) is 0.0870. The number of hydrogen-bond acceptors (Lipinski definition) is 6. The van der Waals surface area contributed by atoms with Crippen molar-refractivity contribution in [2.75, 3.05) is 11.5 Å². The van der Waals surface area contributed by atoms with Gasteiger partial charge in [0.15, 0.2) is 4.32 Å². The van der Waals surface area contributed by atoms with Crippen LogP contribution in [0.25, 0.3) is 17.4 Å². The number of para-hydroxylation sites is 1. The van der Waals surface area contributed by atoms with E-state index in [-0.39, 0.29) is 16.0 Å². The van der Waals surface area contributed by atoms with Crippen LogP contribution in [0.4, 0.5) is 10.1 Å². The van der Waals surface area contributed by atoms with Gasteiger partial charge in [-0.15, -0.1) is 0 Å². The van der Waals surface area contributed by atoms with Crippen molar-refractivity contribution in [1.29, 1.82) is 0 Å². The van der Waals surface area contributed by atoms with Gasteiger partial charge < -0.3 is 9.15 Å². The SMILES string of the molecule is CCOC(=O)c1ccc(-c2ccc(C=C3SC(=S)N(c4ccccc4F)C3=O)o2)cc1. The van der Waals surface area contributed by atoms with E-state index >= 15 is 0 Å². The van der Waals surface area contributed by atoms with Crippen molar-refractivity contribution < 1.29 is 23.1 Å². The number of halogens is 1. The van der Waals surface area contributed by atoms with Gasteiger partial charge in [0.25, 0.3) is 5.91 Å². The summed E-state index contributed by atoms with van der Waals surface area (Å²) in [6, 6.07) is 16.3. The van der Waals surface area contributed by atoms with Gasteiger partial charge >= 0.3 is 5.97 Å². The summed E-state index contributed by atoms with van der Waals surface area (Å²) in [5, 5.41) is 0. The van der Waals surface area contributed by atoms with Crippen LogP contribution in [-0.2, 0) is 9.53 Å². The Morgan fingerprint density at radius 3 is 2.61 bits per heavy atom. The van der Waals surface area contributed by atoms with Crippen molar-refractivity contribution in [1.82, 2.24) is 0 Å². The Morgan fingerprint density at radius 2 is 1.90 bits per heavy atom. The summed E-state index contributed by atoms with van der Waals surface area (Å²) in [5.74, 6) is -0.278. The highest BCUT2D eigenvalue weighted by atomic mass is 32.2. The van der Waals surface area contributed by atoms with Crippen LogP contribution < -0.4 is 4.90 Å². The number of anilines is 1. The molecule has 2 heterocycles. The number of hydrogen-bond donors (Lipinski definition) is 0. The molecule has 0 radical (unpaired) electrons. The molecule has 0 unspecified atom stereocenters. The van der Waals surface area contributed by atoms with Gasteiger partial charge in [-0.1, -0.05) is 48.2 Å². The Hall–Kier alpha value is -3.23. The second-order valence-corrected chi connectivity index (χ2v) is 8.14. The minimum absolute atomic E-state index is 0.121. The standard InChI is InChI=1S/C23H16FNO4S2/c1-2-28-22(27)15-9-7-14(8-10-15)19-12-11-16(29-19)13-20-21(26)25(23(30)31-20)18-6-4-3-5-17(18)24/h3-13H,2H2,1H3. The number of ether oxygens (including phenoxy) is 1. The van der Waals surface area contributed by atoms with E-state index in [1.54, 1.807) is 61.5 Å². The topological polar surface area (TPSA) is 59.8 Å². The van der Waals surface area contributed by atoms with Gasteiger partial charge in [0.1, 0.15) is 17.3 Å².